The van der Waals surface area contributed by atoms with Gasteiger partial charge in [0.05, 0.1) is 0 Å². The van der Waals surface area contributed by atoms with E-state index in [1.807, 2.05) is 0 Å². The van der Waals surface area contributed by atoms with E-state index in [0.717, 1.165) is 6.92 Å². The van der Waals surface area contributed by atoms with E-state index in [1.165, 1.54) is 0 Å². The molecule has 0 aliphatic carbocycles. The molecule has 0 unspecified atom stereocenters. The van der Waals surface area contributed by atoms with Crippen LogP contribution in [0, 0.1) is 64.9 Å². The highest BCUT2D eigenvalue weighted by Gasteiger charge is 1.65. The fraction of sp³-hybridized carbons (Fsp3) is 0.0714. The van der Waals surface area contributed by atoms with Crippen LogP contribution in [0.15, 0.2) is 0 Å². The van der Waals surface area contributed by atoms with Gasteiger partial charge in [0.2, 0.25) is 0 Å². The fourth-order valence-corrected chi connectivity index (χ4v) is 0. The second kappa shape index (κ2) is 78.3. The lowest BCUT2D eigenvalue weighted by atomic mass is 10.9. The van der Waals surface area contributed by atoms with Gasteiger partial charge in [0.25, 0.3) is 5.97 Å². The lowest BCUT2D eigenvalue weighted by molar-refractivity contribution is -0.134. The van der Waals surface area contributed by atoms with Crippen LogP contribution >= 0.6 is 0 Å². The molecule has 0 spiro atoms. The third-order valence-corrected chi connectivity index (χ3v) is 0. The second-order valence-electron chi connectivity index (χ2n) is 5.98. The molecule has 0 aromatic carbocycles. The molecule has 0 aliphatic rings. The quantitative estimate of drug-likeness (QED) is 0.0803. The maximum atomic E-state index is 9.00. The summed E-state index contributed by atoms with van der Waals surface area (Å²) < 4.78 is 0. The smallest absolute Gasteiger partial charge is 0.300 e. The SMILES string of the molecule is CC(=O)O.N=C(N)N.N=C(N)N.N=C(N)N.N=C(N)N.N=C(N)N.N=C(N)N.N=C(N)N.N=C(N)N.N=C(N)N.N=C(N)N.N=C(N)N.N=C(N)N. The normalized spacial score (nSPS) is 6.02. The second-order valence-corrected chi connectivity index (χ2v) is 5.98. The molecule has 0 radical (unpaired) electrons. The highest BCUT2D eigenvalue weighted by atomic mass is 16.4. The summed E-state index contributed by atoms with van der Waals surface area (Å²) in [5.74, 6) is -4.83. The molecule has 0 bridgehead atoms. The number of carboxylic acid groups (broad SMARTS) is 1. The van der Waals surface area contributed by atoms with Crippen molar-refractivity contribution < 1.29 is 9.90 Å². The maximum Gasteiger partial charge on any atom is 0.300 e. The predicted octanol–water partition coefficient (Wildman–Crippen LogP) is -13.8. The minimum absolute atomic E-state index is 0.333. The number of nitrogens with one attached hydrogen (secondary N) is 12. The van der Waals surface area contributed by atoms with Gasteiger partial charge in [0.1, 0.15) is 0 Å². The molecule has 0 atom stereocenters. The molecule has 38 heteroatoms. The summed E-state index contributed by atoms with van der Waals surface area (Å²) in [5, 5.41) is 80.1. The van der Waals surface area contributed by atoms with Crippen molar-refractivity contribution in [3.63, 3.8) is 0 Å². The van der Waals surface area contributed by atoms with Gasteiger partial charge in [0.15, 0.2) is 71.5 Å². The van der Waals surface area contributed by atoms with Gasteiger partial charge in [-0.25, -0.2) is 0 Å². The van der Waals surface area contributed by atoms with Gasteiger partial charge in [-0.3, -0.25) is 69.7 Å². The lowest BCUT2D eigenvalue weighted by Crippen LogP contribution is -2.20. The Morgan fingerprint density at radius 2 is 0.250 bits per heavy atom. The monoisotopic (exact) mass is 769 g/mol. The molecular formula is C14H64N36O2. The zero-order valence-corrected chi connectivity index (χ0v) is 28.2. The van der Waals surface area contributed by atoms with Gasteiger partial charge in [-0.2, -0.15) is 0 Å². The molecule has 52 heavy (non-hydrogen) atoms. The summed E-state index contributed by atoms with van der Waals surface area (Å²) in [4.78, 5) is 9.00. The molecule has 312 valence electrons. The fourth-order valence-electron chi connectivity index (χ4n) is 0. The average molecular weight is 769 g/mol. The van der Waals surface area contributed by atoms with Crippen LogP contribution < -0.4 is 138 Å². The minimum Gasteiger partial charge on any atom is -0.481 e. The Kier molecular flexibility index (Phi) is 127. The maximum absolute atomic E-state index is 9.00. The first-order valence-corrected chi connectivity index (χ1v) is 10.9. The largest absolute Gasteiger partial charge is 0.481 e. The van der Waals surface area contributed by atoms with E-state index in [4.69, 9.17) is 74.8 Å². The van der Waals surface area contributed by atoms with Crippen LogP contribution in [0.3, 0.4) is 0 Å². The number of rotatable bonds is 0. The van der Waals surface area contributed by atoms with E-state index < -0.39 is 5.97 Å². The molecule has 0 saturated heterocycles. The lowest BCUT2D eigenvalue weighted by Gasteiger charge is -1.69. The van der Waals surface area contributed by atoms with Gasteiger partial charge < -0.3 is 143 Å². The molecule has 0 rings (SSSR count). The summed E-state index contributed by atoms with van der Waals surface area (Å²) in [6.45, 7) is 1.08. The summed E-state index contributed by atoms with van der Waals surface area (Å²) >= 11 is 0. The van der Waals surface area contributed by atoms with Crippen LogP contribution in [0.2, 0.25) is 0 Å². The van der Waals surface area contributed by atoms with Crippen molar-refractivity contribution in [2.24, 2.45) is 138 Å². The summed E-state index contributed by atoms with van der Waals surface area (Å²) in [5.41, 5.74) is 107. The molecule has 0 aliphatic heterocycles. The number of hydrogen-bond acceptors (Lipinski definition) is 13. The van der Waals surface area contributed by atoms with Gasteiger partial charge in [-0.1, -0.05) is 0 Å². The van der Waals surface area contributed by atoms with Crippen molar-refractivity contribution in [2.75, 3.05) is 0 Å². The Hall–Kier alpha value is -9.29. The van der Waals surface area contributed by atoms with Crippen LogP contribution in [0.5, 0.6) is 0 Å². The van der Waals surface area contributed by atoms with Gasteiger partial charge in [0, 0.05) is 6.92 Å². The molecule has 0 aromatic heterocycles. The number of hydrogen-bond donors (Lipinski definition) is 37. The first-order valence-electron chi connectivity index (χ1n) is 10.9. The van der Waals surface area contributed by atoms with Gasteiger partial charge >= 0.3 is 0 Å². The highest BCUT2D eigenvalue weighted by Crippen LogP contribution is 1.42. The van der Waals surface area contributed by atoms with E-state index in [0.29, 0.717) is 0 Å². The third kappa shape index (κ3) is 744. The van der Waals surface area contributed by atoms with Gasteiger partial charge in [-0.15, -0.1) is 0 Å². The zero-order chi connectivity index (χ0) is 46.5. The first-order chi connectivity index (χ1) is 22.5. The van der Waals surface area contributed by atoms with Crippen molar-refractivity contribution >= 4 is 77.5 Å². The Morgan fingerprint density at radius 1 is 0.250 bits per heavy atom. The van der Waals surface area contributed by atoms with Crippen molar-refractivity contribution in [2.45, 2.75) is 6.92 Å². The van der Waals surface area contributed by atoms with Crippen molar-refractivity contribution in [3.05, 3.63) is 0 Å². The molecular weight excluding hydrogens is 704 g/mol. The zero-order valence-electron chi connectivity index (χ0n) is 28.2. The number of guanidine groups is 12. The van der Waals surface area contributed by atoms with Crippen LogP contribution in [-0.2, 0) is 4.79 Å². The Balaban J connectivity index is -0.0000000288. The van der Waals surface area contributed by atoms with E-state index in [1.54, 1.807) is 0 Å². The van der Waals surface area contributed by atoms with Crippen molar-refractivity contribution in [1.82, 2.24) is 0 Å². The van der Waals surface area contributed by atoms with E-state index in [9.17, 15) is 0 Å². The van der Waals surface area contributed by atoms with Crippen molar-refractivity contribution in [1.29, 1.82) is 64.9 Å². The third-order valence-electron chi connectivity index (χ3n) is 0. The average Bonchev–Trinajstić information content (AvgIpc) is 2.67. The molecule has 38 nitrogen and oxygen atoms in total. The Bertz CT molecular complexity index is 643. The van der Waals surface area contributed by atoms with Gasteiger partial charge in [-0.05, 0) is 0 Å². The molecule has 0 amide bonds. The molecule has 0 aromatic rings. The number of nitrogens with two attached hydrogens (primary N) is 24. The number of aliphatic carboxylic acids is 1. The molecule has 0 heterocycles. The topological polar surface area (TPSA) is 948 Å². The summed E-state index contributed by atoms with van der Waals surface area (Å²) in [7, 11) is 0. The van der Waals surface area contributed by atoms with Crippen LogP contribution in [0.4, 0.5) is 0 Å². The van der Waals surface area contributed by atoms with E-state index >= 15 is 0 Å². The number of carboxylic acids is 1. The van der Waals surface area contributed by atoms with Crippen molar-refractivity contribution in [3.8, 4) is 0 Å². The standard InChI is InChI=1S/C2H4O2.12CH5N3/c1-2(3)4;12*2-1(3)4/h1H3,(H,3,4);12*(H5,2,3,4). The summed E-state index contributed by atoms with van der Waals surface area (Å²) in [6.07, 6.45) is 0. The minimum atomic E-state index is -0.833. The van der Waals surface area contributed by atoms with Crippen LogP contribution in [0.1, 0.15) is 6.92 Å². The number of carbonyl (C=O) groups is 1. The molecule has 0 fully saturated rings. The predicted molar refractivity (Wildman–Crippen MR) is 207 cm³/mol. The van der Waals surface area contributed by atoms with E-state index in [2.05, 4.69) is 138 Å². The molecule has 0 saturated carbocycles. The first kappa shape index (κ1) is 84.2. The Morgan fingerprint density at radius 3 is 0.250 bits per heavy atom. The van der Waals surface area contributed by atoms with E-state index in [-0.39, 0.29) is 71.5 Å². The summed E-state index contributed by atoms with van der Waals surface area (Å²) in [6, 6.07) is 0. The Labute approximate surface area is 297 Å². The molecule has 61 N–H and O–H groups in total. The van der Waals surface area contributed by atoms with Crippen LogP contribution in [0.25, 0.3) is 0 Å². The van der Waals surface area contributed by atoms with Crippen LogP contribution in [-0.4, -0.2) is 82.6 Å². The highest BCUT2D eigenvalue weighted by molar-refractivity contribution is 5.74.